The van der Waals surface area contributed by atoms with Crippen LogP contribution in [0, 0.1) is 6.92 Å². The fourth-order valence-electron chi connectivity index (χ4n) is 3.48. The van der Waals surface area contributed by atoms with Crippen molar-refractivity contribution in [3.8, 4) is 16.9 Å². The van der Waals surface area contributed by atoms with Crippen LogP contribution in [0.4, 0.5) is 5.13 Å². The van der Waals surface area contributed by atoms with Crippen molar-refractivity contribution < 1.29 is 14.3 Å². The molecule has 1 amide bonds. The van der Waals surface area contributed by atoms with Crippen LogP contribution >= 0.6 is 34.5 Å². The first-order valence-corrected chi connectivity index (χ1v) is 12.1. The first-order valence-electron chi connectivity index (χ1n) is 10.5. The van der Waals surface area contributed by atoms with Gasteiger partial charge in [-0.3, -0.25) is 19.9 Å². The number of halogens is 2. The number of aromatic nitrogens is 3. The van der Waals surface area contributed by atoms with Gasteiger partial charge in [0.2, 0.25) is 0 Å². The summed E-state index contributed by atoms with van der Waals surface area (Å²) in [6, 6.07) is 10.5. The second-order valence-electron chi connectivity index (χ2n) is 7.70. The molecule has 1 aromatic carbocycles. The minimum atomic E-state index is -0.429. The van der Waals surface area contributed by atoms with E-state index < -0.39 is 5.91 Å². The van der Waals surface area contributed by atoms with Gasteiger partial charge in [-0.2, -0.15) is 0 Å². The SMILES string of the molecule is COc1cnc(Cl)cc1-c1cc(C)ncc1C(=O)Nc1ncc(C(=O)[C@@H](C)c2ccc(Cl)cc2)s1. The number of aryl methyl sites for hydroxylation is 1. The lowest BCUT2D eigenvalue weighted by molar-refractivity contribution is 0.0968. The summed E-state index contributed by atoms with van der Waals surface area (Å²) < 4.78 is 5.41. The second kappa shape index (κ2) is 10.5. The van der Waals surface area contributed by atoms with E-state index in [2.05, 4.69) is 20.3 Å². The number of thiazole rings is 1. The topological polar surface area (TPSA) is 94.1 Å². The highest BCUT2D eigenvalue weighted by Crippen LogP contribution is 2.34. The summed E-state index contributed by atoms with van der Waals surface area (Å²) in [6.07, 6.45) is 4.45. The second-order valence-corrected chi connectivity index (χ2v) is 9.55. The molecule has 0 aliphatic carbocycles. The summed E-state index contributed by atoms with van der Waals surface area (Å²) >= 11 is 13.2. The van der Waals surface area contributed by atoms with Crippen LogP contribution in [0.5, 0.6) is 5.75 Å². The number of carbonyl (C=O) groups excluding carboxylic acids is 2. The largest absolute Gasteiger partial charge is 0.494 e. The Kier molecular flexibility index (Phi) is 7.45. The Hall–Kier alpha value is -3.33. The number of hydrogen-bond donors (Lipinski definition) is 1. The van der Waals surface area contributed by atoms with Crippen LogP contribution in [0.1, 0.15) is 44.1 Å². The molecule has 3 heterocycles. The van der Waals surface area contributed by atoms with Crippen molar-refractivity contribution in [3.63, 3.8) is 0 Å². The lowest BCUT2D eigenvalue weighted by Crippen LogP contribution is -2.14. The number of benzene rings is 1. The summed E-state index contributed by atoms with van der Waals surface area (Å²) in [5, 5.41) is 3.94. The normalized spacial score (nSPS) is 11.7. The van der Waals surface area contributed by atoms with Crippen molar-refractivity contribution >= 4 is 51.4 Å². The maximum absolute atomic E-state index is 13.2. The van der Waals surface area contributed by atoms with E-state index in [9.17, 15) is 9.59 Å². The lowest BCUT2D eigenvalue weighted by atomic mass is 9.96. The highest BCUT2D eigenvalue weighted by Gasteiger charge is 2.22. The maximum atomic E-state index is 13.2. The molecule has 0 aliphatic rings. The molecule has 178 valence electrons. The van der Waals surface area contributed by atoms with Gasteiger partial charge in [0.25, 0.3) is 5.91 Å². The third kappa shape index (κ3) is 5.51. The molecule has 7 nitrogen and oxygen atoms in total. The molecule has 1 atom stereocenters. The van der Waals surface area contributed by atoms with E-state index >= 15 is 0 Å². The average molecular weight is 527 g/mol. The van der Waals surface area contributed by atoms with Gasteiger partial charge in [-0.05, 0) is 36.8 Å². The van der Waals surface area contributed by atoms with E-state index in [0.717, 1.165) is 16.9 Å². The predicted molar refractivity (Wildman–Crippen MR) is 138 cm³/mol. The summed E-state index contributed by atoms with van der Waals surface area (Å²) in [5.41, 5.74) is 3.05. The van der Waals surface area contributed by atoms with Gasteiger partial charge in [-0.15, -0.1) is 0 Å². The number of carbonyl (C=O) groups is 2. The van der Waals surface area contributed by atoms with Crippen molar-refractivity contribution in [2.24, 2.45) is 0 Å². The highest BCUT2D eigenvalue weighted by atomic mass is 35.5. The third-order valence-corrected chi connectivity index (χ3v) is 6.75. The Balaban J connectivity index is 1.59. The van der Waals surface area contributed by atoms with Crippen molar-refractivity contribution in [1.29, 1.82) is 0 Å². The van der Waals surface area contributed by atoms with Crippen LogP contribution < -0.4 is 10.1 Å². The van der Waals surface area contributed by atoms with Gasteiger partial charge >= 0.3 is 0 Å². The predicted octanol–water partition coefficient (Wildman–Crippen LogP) is 6.46. The Morgan fingerprint density at radius 3 is 2.46 bits per heavy atom. The van der Waals surface area contributed by atoms with Crippen LogP contribution in [0.2, 0.25) is 10.2 Å². The molecule has 0 aliphatic heterocycles. The summed E-state index contributed by atoms with van der Waals surface area (Å²) in [7, 11) is 1.52. The van der Waals surface area contributed by atoms with Crippen molar-refractivity contribution in [3.05, 3.63) is 86.9 Å². The quantitative estimate of drug-likeness (QED) is 0.219. The molecule has 35 heavy (non-hydrogen) atoms. The number of pyridine rings is 2. The summed E-state index contributed by atoms with van der Waals surface area (Å²) in [4.78, 5) is 39.1. The Labute approximate surface area is 216 Å². The first kappa shape index (κ1) is 24.8. The first-order chi connectivity index (χ1) is 16.8. The highest BCUT2D eigenvalue weighted by molar-refractivity contribution is 7.17. The number of ketones is 1. The smallest absolute Gasteiger partial charge is 0.259 e. The van der Waals surface area contributed by atoms with Gasteiger partial charge in [0, 0.05) is 34.0 Å². The maximum Gasteiger partial charge on any atom is 0.259 e. The molecule has 0 spiro atoms. The summed E-state index contributed by atoms with van der Waals surface area (Å²) in [6.45, 7) is 3.64. The molecule has 0 fully saturated rings. The number of methoxy groups -OCH3 is 1. The van der Waals surface area contributed by atoms with Gasteiger partial charge in [-0.25, -0.2) is 9.97 Å². The van der Waals surface area contributed by atoms with Crippen LogP contribution in [0.25, 0.3) is 11.1 Å². The van der Waals surface area contributed by atoms with Crippen LogP contribution in [0.15, 0.2) is 55.0 Å². The van der Waals surface area contributed by atoms with E-state index in [-0.39, 0.29) is 16.9 Å². The minimum absolute atomic E-state index is 0.0980. The zero-order valence-electron chi connectivity index (χ0n) is 19.0. The van der Waals surface area contributed by atoms with E-state index in [1.165, 1.54) is 25.7 Å². The number of nitrogens with zero attached hydrogens (tertiary/aromatic N) is 3. The number of anilines is 1. The minimum Gasteiger partial charge on any atom is -0.494 e. The molecule has 0 saturated carbocycles. The molecule has 0 bridgehead atoms. The van der Waals surface area contributed by atoms with E-state index in [4.69, 9.17) is 27.9 Å². The van der Waals surface area contributed by atoms with E-state index in [1.54, 1.807) is 24.3 Å². The number of ether oxygens (including phenoxy) is 1. The number of amides is 1. The van der Waals surface area contributed by atoms with E-state index in [0.29, 0.717) is 43.2 Å². The Morgan fingerprint density at radius 2 is 1.74 bits per heavy atom. The zero-order chi connectivity index (χ0) is 25.1. The third-order valence-electron chi connectivity index (χ3n) is 5.36. The number of nitrogens with one attached hydrogen (secondary N) is 1. The van der Waals surface area contributed by atoms with Crippen LogP contribution in [0.3, 0.4) is 0 Å². The standard InChI is InChI=1S/C25H20Cl2N4O3S/c1-13-8-17(18-9-22(27)29-11-20(18)34-3)19(10-28-13)24(33)31-25-30-12-21(35-25)23(32)14(2)15-4-6-16(26)7-5-15/h4-12,14H,1-3H3,(H,30,31,33)/t14-/m0/s1. The molecule has 0 unspecified atom stereocenters. The molecule has 3 aromatic heterocycles. The molecule has 10 heteroatoms. The van der Waals surface area contributed by atoms with Gasteiger partial charge in [0.1, 0.15) is 10.9 Å². The van der Waals surface area contributed by atoms with E-state index in [1.807, 2.05) is 26.0 Å². The molecular formula is C25H20Cl2N4O3S. The molecule has 4 aromatic rings. The number of Topliss-reactive ketones (excluding diaryl/α,β-unsaturated/α-hetero) is 1. The van der Waals surface area contributed by atoms with Gasteiger partial charge in [0.05, 0.1) is 29.9 Å². The molecule has 1 N–H and O–H groups in total. The fourth-order valence-corrected chi connectivity index (χ4v) is 4.60. The molecule has 0 radical (unpaired) electrons. The number of rotatable bonds is 7. The van der Waals surface area contributed by atoms with Crippen molar-refractivity contribution in [2.45, 2.75) is 19.8 Å². The molecular weight excluding hydrogens is 507 g/mol. The monoisotopic (exact) mass is 526 g/mol. The van der Waals surface area contributed by atoms with Gasteiger partial charge < -0.3 is 4.74 Å². The van der Waals surface area contributed by atoms with Crippen molar-refractivity contribution in [2.75, 3.05) is 12.4 Å². The molecule has 0 saturated heterocycles. The average Bonchev–Trinajstić information content (AvgIpc) is 3.31. The Bertz CT molecular complexity index is 1410. The van der Waals surface area contributed by atoms with Gasteiger partial charge in [-0.1, -0.05) is 53.6 Å². The summed E-state index contributed by atoms with van der Waals surface area (Å²) in [5.74, 6) is -0.443. The lowest BCUT2D eigenvalue weighted by Gasteiger charge is -2.13. The zero-order valence-corrected chi connectivity index (χ0v) is 21.3. The van der Waals surface area contributed by atoms with Gasteiger partial charge in [0.15, 0.2) is 10.9 Å². The van der Waals surface area contributed by atoms with Crippen LogP contribution in [-0.4, -0.2) is 33.8 Å². The Morgan fingerprint density at radius 1 is 1.00 bits per heavy atom. The fraction of sp³-hybridized carbons (Fsp3) is 0.160. The molecule has 4 rings (SSSR count). The van der Waals surface area contributed by atoms with Crippen molar-refractivity contribution in [1.82, 2.24) is 15.0 Å². The number of hydrogen-bond acceptors (Lipinski definition) is 7. The van der Waals surface area contributed by atoms with Crippen LogP contribution in [-0.2, 0) is 0 Å².